The number of imidazole rings is 1. The Labute approximate surface area is 121 Å². The van der Waals surface area contributed by atoms with Gasteiger partial charge in [0, 0.05) is 23.5 Å². The average Bonchev–Trinajstić information content (AvgIpc) is 2.87. The Kier molecular flexibility index (Phi) is 3.02. The van der Waals surface area contributed by atoms with E-state index in [1.54, 1.807) is 12.1 Å². The maximum atomic E-state index is 12.9. The molecule has 0 unspecified atom stereocenters. The standard InChI is InChI=1S/C13H7ClF3N3O/c14-8-1-3-9(4-2-8)20-11(21)7-10(13(15,16)17)19-6-5-18-12(19)20/h1-7H. The second kappa shape index (κ2) is 4.63. The van der Waals surface area contributed by atoms with Crippen molar-refractivity contribution < 1.29 is 13.2 Å². The van der Waals surface area contributed by atoms with Crippen molar-refractivity contribution in [2.75, 3.05) is 0 Å². The van der Waals surface area contributed by atoms with Crippen LogP contribution in [0, 0.1) is 0 Å². The van der Waals surface area contributed by atoms with Gasteiger partial charge in [-0.15, -0.1) is 0 Å². The van der Waals surface area contributed by atoms with Crippen LogP contribution in [0.2, 0.25) is 5.02 Å². The van der Waals surface area contributed by atoms with Gasteiger partial charge in [-0.05, 0) is 24.3 Å². The van der Waals surface area contributed by atoms with Crippen molar-refractivity contribution in [3.8, 4) is 5.69 Å². The first-order valence-corrected chi connectivity index (χ1v) is 6.18. The van der Waals surface area contributed by atoms with Crippen LogP contribution in [-0.4, -0.2) is 14.0 Å². The number of fused-ring (bicyclic) bond motifs is 1. The van der Waals surface area contributed by atoms with Gasteiger partial charge in [0.15, 0.2) is 0 Å². The molecule has 2 aromatic heterocycles. The second-order valence-corrected chi connectivity index (χ2v) is 4.71. The minimum atomic E-state index is -4.64. The lowest BCUT2D eigenvalue weighted by Crippen LogP contribution is -2.25. The van der Waals surface area contributed by atoms with Crippen LogP contribution in [0.25, 0.3) is 11.5 Å². The molecule has 108 valence electrons. The van der Waals surface area contributed by atoms with Crippen LogP contribution in [-0.2, 0) is 6.18 Å². The molecule has 0 aliphatic heterocycles. The van der Waals surface area contributed by atoms with Gasteiger partial charge in [0.05, 0.1) is 5.69 Å². The smallest absolute Gasteiger partial charge is 0.280 e. The number of nitrogens with zero attached hydrogens (tertiary/aromatic N) is 3. The van der Waals surface area contributed by atoms with Gasteiger partial charge < -0.3 is 0 Å². The Bertz CT molecular complexity index is 865. The van der Waals surface area contributed by atoms with Gasteiger partial charge in [0.1, 0.15) is 5.69 Å². The van der Waals surface area contributed by atoms with Crippen molar-refractivity contribution in [3.63, 3.8) is 0 Å². The lowest BCUT2D eigenvalue weighted by Gasteiger charge is -2.13. The van der Waals surface area contributed by atoms with Gasteiger partial charge in [-0.2, -0.15) is 13.2 Å². The number of benzene rings is 1. The van der Waals surface area contributed by atoms with E-state index in [-0.39, 0.29) is 5.78 Å². The van der Waals surface area contributed by atoms with Crippen molar-refractivity contribution >= 4 is 17.4 Å². The highest BCUT2D eigenvalue weighted by Gasteiger charge is 2.34. The van der Waals surface area contributed by atoms with Crippen LogP contribution in [0.3, 0.4) is 0 Å². The average molecular weight is 314 g/mol. The summed E-state index contributed by atoms with van der Waals surface area (Å²) >= 11 is 5.76. The zero-order valence-electron chi connectivity index (χ0n) is 10.3. The van der Waals surface area contributed by atoms with Gasteiger partial charge in [-0.3, -0.25) is 9.20 Å². The minimum Gasteiger partial charge on any atom is -0.280 e. The molecule has 8 heteroatoms. The molecule has 0 bridgehead atoms. The molecule has 0 amide bonds. The molecule has 0 N–H and O–H groups in total. The fourth-order valence-corrected chi connectivity index (χ4v) is 2.18. The molecule has 0 aliphatic rings. The van der Waals surface area contributed by atoms with E-state index in [0.717, 1.165) is 15.2 Å². The molecular formula is C13H7ClF3N3O. The molecule has 3 rings (SSSR count). The van der Waals surface area contributed by atoms with E-state index in [4.69, 9.17) is 11.6 Å². The van der Waals surface area contributed by atoms with Crippen LogP contribution in [0.4, 0.5) is 13.2 Å². The van der Waals surface area contributed by atoms with Crippen LogP contribution >= 0.6 is 11.6 Å². The molecule has 1 aromatic carbocycles. The van der Waals surface area contributed by atoms with Crippen molar-refractivity contribution in [1.82, 2.24) is 14.0 Å². The molecule has 3 aromatic rings. The zero-order valence-corrected chi connectivity index (χ0v) is 11.1. The van der Waals surface area contributed by atoms with E-state index in [2.05, 4.69) is 4.98 Å². The van der Waals surface area contributed by atoms with Gasteiger partial charge in [0.2, 0.25) is 5.78 Å². The summed E-state index contributed by atoms with van der Waals surface area (Å²) < 4.78 is 40.8. The minimum absolute atomic E-state index is 0.114. The van der Waals surface area contributed by atoms with Gasteiger partial charge in [-0.1, -0.05) is 11.6 Å². The molecule has 0 fully saturated rings. The van der Waals surface area contributed by atoms with Crippen LogP contribution < -0.4 is 5.56 Å². The summed E-state index contributed by atoms with van der Waals surface area (Å²) in [5, 5.41) is 0.457. The Morgan fingerprint density at radius 2 is 1.81 bits per heavy atom. The van der Waals surface area contributed by atoms with E-state index in [0.29, 0.717) is 16.8 Å². The van der Waals surface area contributed by atoms with Crippen molar-refractivity contribution in [1.29, 1.82) is 0 Å². The summed E-state index contributed by atoms with van der Waals surface area (Å²) in [6.07, 6.45) is -2.28. The van der Waals surface area contributed by atoms with Crippen LogP contribution in [0.15, 0.2) is 47.5 Å². The molecular weight excluding hydrogens is 307 g/mol. The quantitative estimate of drug-likeness (QED) is 0.692. The van der Waals surface area contributed by atoms with Gasteiger partial charge >= 0.3 is 6.18 Å². The third kappa shape index (κ3) is 2.29. The Morgan fingerprint density at radius 3 is 2.43 bits per heavy atom. The predicted molar refractivity (Wildman–Crippen MR) is 70.8 cm³/mol. The number of rotatable bonds is 1. The molecule has 21 heavy (non-hydrogen) atoms. The van der Waals surface area contributed by atoms with Crippen molar-refractivity contribution in [2.24, 2.45) is 0 Å². The predicted octanol–water partition coefficient (Wildman–Crippen LogP) is 3.16. The molecule has 0 saturated heterocycles. The molecule has 0 aliphatic carbocycles. The van der Waals surface area contributed by atoms with E-state index in [1.165, 1.54) is 18.3 Å². The van der Waals surface area contributed by atoms with Gasteiger partial charge in [-0.25, -0.2) is 9.55 Å². The highest BCUT2D eigenvalue weighted by atomic mass is 35.5. The Balaban J connectivity index is 2.36. The number of halogens is 4. The van der Waals surface area contributed by atoms with Crippen LogP contribution in [0.1, 0.15) is 5.69 Å². The van der Waals surface area contributed by atoms with E-state index in [1.807, 2.05) is 0 Å². The molecule has 0 saturated carbocycles. The molecule has 4 nitrogen and oxygen atoms in total. The normalized spacial score (nSPS) is 12.0. The largest absolute Gasteiger partial charge is 0.432 e. The summed E-state index contributed by atoms with van der Waals surface area (Å²) in [4.78, 5) is 15.9. The summed E-state index contributed by atoms with van der Waals surface area (Å²) in [5.74, 6) is -0.114. The molecule has 2 heterocycles. The first kappa shape index (κ1) is 13.7. The third-order valence-electron chi connectivity index (χ3n) is 2.94. The first-order chi connectivity index (χ1) is 9.88. The summed E-state index contributed by atoms with van der Waals surface area (Å²) in [6.45, 7) is 0. The number of hydrogen-bond acceptors (Lipinski definition) is 2. The Morgan fingerprint density at radius 1 is 1.14 bits per heavy atom. The number of hydrogen-bond donors (Lipinski definition) is 0. The highest BCUT2D eigenvalue weighted by molar-refractivity contribution is 6.30. The fourth-order valence-electron chi connectivity index (χ4n) is 2.05. The SMILES string of the molecule is O=c1cc(C(F)(F)F)n2ccnc2n1-c1ccc(Cl)cc1. The van der Waals surface area contributed by atoms with Crippen molar-refractivity contribution in [3.05, 3.63) is 63.8 Å². The van der Waals surface area contributed by atoms with Crippen LogP contribution in [0.5, 0.6) is 0 Å². The van der Waals surface area contributed by atoms with Gasteiger partial charge in [0.25, 0.3) is 5.56 Å². The topological polar surface area (TPSA) is 39.3 Å². The monoisotopic (exact) mass is 313 g/mol. The van der Waals surface area contributed by atoms with E-state index >= 15 is 0 Å². The molecule has 0 atom stereocenters. The summed E-state index contributed by atoms with van der Waals surface area (Å²) in [6, 6.07) is 6.70. The number of aromatic nitrogens is 3. The molecule has 0 spiro atoms. The lowest BCUT2D eigenvalue weighted by atomic mass is 10.3. The second-order valence-electron chi connectivity index (χ2n) is 4.27. The maximum absolute atomic E-state index is 12.9. The lowest BCUT2D eigenvalue weighted by molar-refractivity contribution is -0.142. The summed E-state index contributed by atoms with van der Waals surface area (Å²) in [5.41, 5.74) is -1.50. The Hall–Kier alpha value is -2.28. The summed E-state index contributed by atoms with van der Waals surface area (Å²) in [7, 11) is 0. The first-order valence-electron chi connectivity index (χ1n) is 5.80. The van der Waals surface area contributed by atoms with E-state index in [9.17, 15) is 18.0 Å². The van der Waals surface area contributed by atoms with E-state index < -0.39 is 17.4 Å². The third-order valence-corrected chi connectivity index (χ3v) is 3.19. The fraction of sp³-hybridized carbons (Fsp3) is 0.0769. The maximum Gasteiger partial charge on any atom is 0.432 e. The highest BCUT2D eigenvalue weighted by Crippen LogP contribution is 2.29. The number of alkyl halides is 3. The zero-order chi connectivity index (χ0) is 15.2. The molecule has 0 radical (unpaired) electrons. The van der Waals surface area contributed by atoms with Crippen molar-refractivity contribution in [2.45, 2.75) is 6.18 Å².